The lowest BCUT2D eigenvalue weighted by molar-refractivity contribution is -0.129. The maximum atomic E-state index is 12.6. The van der Waals surface area contributed by atoms with E-state index in [4.69, 9.17) is 4.42 Å². The molecule has 31 heavy (non-hydrogen) atoms. The lowest BCUT2D eigenvalue weighted by atomic mass is 10.1. The van der Waals surface area contributed by atoms with Gasteiger partial charge in [-0.1, -0.05) is 42.5 Å². The van der Waals surface area contributed by atoms with E-state index in [1.54, 1.807) is 35.2 Å². The number of benzene rings is 2. The fourth-order valence-electron chi connectivity index (χ4n) is 3.60. The van der Waals surface area contributed by atoms with Crippen molar-refractivity contribution in [2.24, 2.45) is 5.92 Å². The second kappa shape index (κ2) is 9.30. The van der Waals surface area contributed by atoms with Crippen LogP contribution < -0.4 is 10.6 Å². The molecule has 2 N–H and O–H groups in total. The van der Waals surface area contributed by atoms with E-state index in [9.17, 15) is 14.4 Å². The zero-order valence-electron chi connectivity index (χ0n) is 16.9. The summed E-state index contributed by atoms with van der Waals surface area (Å²) in [5.74, 6) is -0.627. The van der Waals surface area contributed by atoms with Crippen LogP contribution in [0.25, 0.3) is 0 Å². The van der Waals surface area contributed by atoms with Gasteiger partial charge in [0.25, 0.3) is 5.91 Å². The molecule has 7 heteroatoms. The van der Waals surface area contributed by atoms with Crippen molar-refractivity contribution in [1.29, 1.82) is 0 Å². The Balaban J connectivity index is 1.30. The van der Waals surface area contributed by atoms with Gasteiger partial charge in [-0.15, -0.1) is 0 Å². The van der Waals surface area contributed by atoms with Gasteiger partial charge in [-0.2, -0.15) is 0 Å². The van der Waals surface area contributed by atoms with E-state index in [0.29, 0.717) is 25.3 Å². The van der Waals surface area contributed by atoms with Crippen molar-refractivity contribution in [2.75, 3.05) is 11.9 Å². The quantitative estimate of drug-likeness (QED) is 0.618. The molecule has 2 aromatic carbocycles. The molecule has 3 amide bonds. The predicted molar refractivity (Wildman–Crippen MR) is 115 cm³/mol. The normalized spacial score (nSPS) is 15.7. The highest BCUT2D eigenvalue weighted by Crippen LogP contribution is 2.21. The number of furan rings is 1. The Bertz CT molecular complexity index is 1060. The zero-order valence-corrected chi connectivity index (χ0v) is 16.9. The summed E-state index contributed by atoms with van der Waals surface area (Å²) in [7, 11) is 0. The van der Waals surface area contributed by atoms with Gasteiger partial charge in [0.15, 0.2) is 5.76 Å². The molecule has 4 rings (SSSR count). The van der Waals surface area contributed by atoms with Gasteiger partial charge in [-0.3, -0.25) is 14.4 Å². The number of rotatable bonds is 7. The van der Waals surface area contributed by atoms with E-state index < -0.39 is 0 Å². The summed E-state index contributed by atoms with van der Waals surface area (Å²) in [6.07, 6.45) is 1.66. The van der Waals surface area contributed by atoms with Crippen LogP contribution in [0.5, 0.6) is 0 Å². The molecule has 3 aromatic rings. The number of nitrogens with one attached hydrogen (secondary N) is 2. The molecule has 1 aromatic heterocycles. The molecule has 1 fully saturated rings. The Labute approximate surface area is 180 Å². The van der Waals surface area contributed by atoms with E-state index in [2.05, 4.69) is 10.6 Å². The maximum Gasteiger partial charge on any atom is 0.291 e. The molecule has 0 bridgehead atoms. The predicted octanol–water partition coefficient (Wildman–Crippen LogP) is 3.20. The number of hydrogen-bond acceptors (Lipinski definition) is 4. The van der Waals surface area contributed by atoms with Crippen LogP contribution in [0, 0.1) is 5.92 Å². The van der Waals surface area contributed by atoms with E-state index in [-0.39, 0.29) is 35.8 Å². The molecule has 1 aliphatic rings. The van der Waals surface area contributed by atoms with Crippen molar-refractivity contribution < 1.29 is 18.8 Å². The third-order valence-corrected chi connectivity index (χ3v) is 5.20. The summed E-state index contributed by atoms with van der Waals surface area (Å²) in [5.41, 5.74) is 2.50. The molecular weight excluding hydrogens is 394 g/mol. The summed E-state index contributed by atoms with van der Waals surface area (Å²) in [6.45, 7) is 1.24. The Hall–Kier alpha value is -3.87. The Morgan fingerprint density at radius 1 is 1.00 bits per heavy atom. The van der Waals surface area contributed by atoms with Crippen LogP contribution in [0.3, 0.4) is 0 Å². The average molecular weight is 417 g/mol. The Kier molecular flexibility index (Phi) is 6.12. The highest BCUT2D eigenvalue weighted by molar-refractivity contribution is 6.02. The molecule has 0 aliphatic carbocycles. The summed E-state index contributed by atoms with van der Waals surface area (Å²) in [6, 6.07) is 20.2. The number of carbonyl (C=O) groups is 3. The van der Waals surface area contributed by atoms with E-state index in [1.807, 2.05) is 36.4 Å². The van der Waals surface area contributed by atoms with Crippen molar-refractivity contribution in [3.63, 3.8) is 0 Å². The highest BCUT2D eigenvalue weighted by Gasteiger charge is 2.34. The second-order valence-corrected chi connectivity index (χ2v) is 7.51. The van der Waals surface area contributed by atoms with E-state index in [0.717, 1.165) is 11.1 Å². The third kappa shape index (κ3) is 5.19. The average Bonchev–Trinajstić information content (AvgIpc) is 3.44. The molecule has 1 atom stereocenters. The van der Waals surface area contributed by atoms with Crippen molar-refractivity contribution in [3.8, 4) is 0 Å². The maximum absolute atomic E-state index is 12.6. The van der Waals surface area contributed by atoms with Crippen LogP contribution in [-0.4, -0.2) is 29.2 Å². The molecule has 1 saturated heterocycles. The minimum atomic E-state index is -0.363. The van der Waals surface area contributed by atoms with E-state index in [1.165, 1.54) is 6.26 Å². The number of carbonyl (C=O) groups excluding carboxylic acids is 3. The Morgan fingerprint density at radius 3 is 2.58 bits per heavy atom. The van der Waals surface area contributed by atoms with Crippen molar-refractivity contribution in [2.45, 2.75) is 19.5 Å². The molecule has 2 heterocycles. The summed E-state index contributed by atoms with van der Waals surface area (Å²) < 4.78 is 5.09. The van der Waals surface area contributed by atoms with Crippen LogP contribution in [0.1, 0.15) is 28.1 Å². The van der Waals surface area contributed by atoms with Crippen LogP contribution >= 0.6 is 0 Å². The lowest BCUT2D eigenvalue weighted by Gasteiger charge is -2.16. The molecule has 0 radical (unpaired) electrons. The largest absolute Gasteiger partial charge is 0.459 e. The molecule has 7 nitrogen and oxygen atoms in total. The molecule has 158 valence electrons. The van der Waals surface area contributed by atoms with Gasteiger partial charge in [0.1, 0.15) is 0 Å². The first-order valence-corrected chi connectivity index (χ1v) is 10.1. The van der Waals surface area contributed by atoms with Crippen LogP contribution in [0.4, 0.5) is 5.69 Å². The van der Waals surface area contributed by atoms with Crippen LogP contribution in [0.2, 0.25) is 0 Å². The molecular formula is C24H23N3O4. The number of hydrogen-bond donors (Lipinski definition) is 2. The van der Waals surface area contributed by atoms with Crippen molar-refractivity contribution >= 4 is 23.4 Å². The van der Waals surface area contributed by atoms with Crippen molar-refractivity contribution in [1.82, 2.24) is 10.2 Å². The summed E-state index contributed by atoms with van der Waals surface area (Å²) in [4.78, 5) is 38.8. The zero-order chi connectivity index (χ0) is 21.6. The monoisotopic (exact) mass is 417 g/mol. The van der Waals surface area contributed by atoms with Gasteiger partial charge in [0.05, 0.1) is 12.2 Å². The minimum absolute atomic E-state index is 0.00774. The van der Waals surface area contributed by atoms with Gasteiger partial charge in [0.2, 0.25) is 11.8 Å². The fourth-order valence-corrected chi connectivity index (χ4v) is 3.60. The lowest BCUT2D eigenvalue weighted by Crippen LogP contribution is -2.32. The minimum Gasteiger partial charge on any atom is -0.459 e. The third-order valence-electron chi connectivity index (χ3n) is 5.20. The number of amides is 3. The van der Waals surface area contributed by atoms with Crippen LogP contribution in [0.15, 0.2) is 77.4 Å². The second-order valence-electron chi connectivity index (χ2n) is 7.51. The van der Waals surface area contributed by atoms with Gasteiger partial charge < -0.3 is 20.0 Å². The Morgan fingerprint density at radius 2 is 1.81 bits per heavy atom. The topological polar surface area (TPSA) is 91.7 Å². The van der Waals surface area contributed by atoms with E-state index >= 15 is 0 Å². The van der Waals surface area contributed by atoms with Gasteiger partial charge >= 0.3 is 0 Å². The SMILES string of the molecule is O=C(Nc1cccc(CNC(=O)C2CC(=O)N(Cc3ccccc3)C2)c1)c1ccco1. The van der Waals surface area contributed by atoms with Crippen molar-refractivity contribution in [3.05, 3.63) is 89.9 Å². The number of anilines is 1. The van der Waals surface area contributed by atoms with Gasteiger partial charge in [0, 0.05) is 31.7 Å². The fraction of sp³-hybridized carbons (Fsp3) is 0.208. The number of likely N-dealkylation sites (tertiary alicyclic amines) is 1. The van der Waals surface area contributed by atoms with Crippen LogP contribution in [-0.2, 0) is 22.7 Å². The van der Waals surface area contributed by atoms with Gasteiger partial charge in [-0.25, -0.2) is 0 Å². The molecule has 1 unspecified atom stereocenters. The standard InChI is InChI=1S/C24H23N3O4/c28-22-13-19(16-27(22)15-17-6-2-1-3-7-17)23(29)25-14-18-8-4-9-20(12-18)26-24(30)21-10-5-11-31-21/h1-12,19H,13-16H2,(H,25,29)(H,26,30). The smallest absolute Gasteiger partial charge is 0.291 e. The summed E-state index contributed by atoms with van der Waals surface area (Å²) in [5, 5.41) is 5.67. The first-order chi connectivity index (χ1) is 15.1. The molecule has 0 spiro atoms. The first kappa shape index (κ1) is 20.4. The molecule has 1 aliphatic heterocycles. The van der Waals surface area contributed by atoms with Gasteiger partial charge in [-0.05, 0) is 35.4 Å². The summed E-state index contributed by atoms with van der Waals surface area (Å²) >= 11 is 0. The first-order valence-electron chi connectivity index (χ1n) is 10.1. The molecule has 0 saturated carbocycles. The highest BCUT2D eigenvalue weighted by atomic mass is 16.3. The number of nitrogens with zero attached hydrogens (tertiary/aromatic N) is 1.